The Hall–Kier alpha value is -2.17. The van der Waals surface area contributed by atoms with Gasteiger partial charge in [0.1, 0.15) is 5.82 Å². The highest BCUT2D eigenvalue weighted by atomic mass is 16.1. The summed E-state index contributed by atoms with van der Waals surface area (Å²) in [4.78, 5) is 28.9. The fourth-order valence-electron chi connectivity index (χ4n) is 2.72. The van der Waals surface area contributed by atoms with E-state index in [1.807, 2.05) is 0 Å². The third-order valence-corrected chi connectivity index (χ3v) is 3.99. The van der Waals surface area contributed by atoms with Crippen LogP contribution in [0.3, 0.4) is 0 Å². The average Bonchev–Trinajstić information content (AvgIpc) is 3.13. The van der Waals surface area contributed by atoms with Crippen molar-refractivity contribution in [2.45, 2.75) is 38.3 Å². The number of carbonyl (C=O) groups excluding carboxylic acids is 1. The molecule has 20 heavy (non-hydrogen) atoms. The molecular formula is C15H15N3O2. The molecule has 1 N–H and O–H groups in total. The summed E-state index contributed by atoms with van der Waals surface area (Å²) >= 11 is 0. The Morgan fingerprint density at radius 2 is 2.20 bits per heavy atom. The minimum atomic E-state index is -0.0724. The second-order valence-corrected chi connectivity index (χ2v) is 5.57. The number of nitrogens with one attached hydrogen (secondary N) is 1. The van der Waals surface area contributed by atoms with Gasteiger partial charge in [-0.1, -0.05) is 0 Å². The van der Waals surface area contributed by atoms with E-state index in [1.54, 1.807) is 22.8 Å². The summed E-state index contributed by atoms with van der Waals surface area (Å²) in [6, 6.07) is 5.49. The third-order valence-electron chi connectivity index (χ3n) is 3.99. The van der Waals surface area contributed by atoms with Crippen molar-refractivity contribution in [3.8, 4) is 0 Å². The molecule has 1 aliphatic heterocycles. The highest BCUT2D eigenvalue weighted by molar-refractivity contribution is 5.97. The highest BCUT2D eigenvalue weighted by Gasteiger charge is 2.24. The van der Waals surface area contributed by atoms with Crippen LogP contribution in [0.25, 0.3) is 10.9 Å². The largest absolute Gasteiger partial charge is 0.349 e. The first-order valence-corrected chi connectivity index (χ1v) is 7.07. The minimum Gasteiger partial charge on any atom is -0.349 e. The molecule has 102 valence electrons. The molecule has 1 aliphatic carbocycles. The Morgan fingerprint density at radius 3 is 3.00 bits per heavy atom. The van der Waals surface area contributed by atoms with Gasteiger partial charge in [-0.3, -0.25) is 14.2 Å². The molecule has 5 heteroatoms. The van der Waals surface area contributed by atoms with Gasteiger partial charge in [0.25, 0.3) is 11.5 Å². The van der Waals surface area contributed by atoms with Crippen LogP contribution in [-0.4, -0.2) is 21.5 Å². The summed E-state index contributed by atoms with van der Waals surface area (Å²) < 4.78 is 1.74. The van der Waals surface area contributed by atoms with E-state index in [-0.39, 0.29) is 11.5 Å². The smallest absolute Gasteiger partial charge is 0.261 e. The maximum Gasteiger partial charge on any atom is 0.261 e. The van der Waals surface area contributed by atoms with E-state index in [0.717, 1.165) is 38.1 Å². The van der Waals surface area contributed by atoms with E-state index in [9.17, 15) is 9.59 Å². The van der Waals surface area contributed by atoms with Crippen LogP contribution < -0.4 is 10.9 Å². The van der Waals surface area contributed by atoms with E-state index in [2.05, 4.69) is 10.3 Å². The van der Waals surface area contributed by atoms with Crippen molar-refractivity contribution in [2.75, 3.05) is 0 Å². The molecule has 0 saturated heterocycles. The van der Waals surface area contributed by atoms with Gasteiger partial charge in [-0.25, -0.2) is 4.98 Å². The SMILES string of the molecule is O=C(NC1CC1)c1ccc2c(=O)n3c(nc2c1)CCC3. The fourth-order valence-corrected chi connectivity index (χ4v) is 2.72. The summed E-state index contributed by atoms with van der Waals surface area (Å²) in [5, 5.41) is 3.55. The van der Waals surface area contributed by atoms with Crippen molar-refractivity contribution in [2.24, 2.45) is 0 Å². The first-order chi connectivity index (χ1) is 9.72. The Kier molecular flexibility index (Phi) is 2.42. The molecule has 4 rings (SSSR count). The van der Waals surface area contributed by atoms with E-state index in [1.165, 1.54) is 0 Å². The second-order valence-electron chi connectivity index (χ2n) is 5.57. The van der Waals surface area contributed by atoms with Gasteiger partial charge in [-0.05, 0) is 37.5 Å². The number of benzene rings is 1. The van der Waals surface area contributed by atoms with Crippen LogP contribution in [0.1, 0.15) is 35.4 Å². The maximum absolute atomic E-state index is 12.3. The van der Waals surface area contributed by atoms with Crippen LogP contribution in [0.2, 0.25) is 0 Å². The van der Waals surface area contributed by atoms with Gasteiger partial charge >= 0.3 is 0 Å². The van der Waals surface area contributed by atoms with Gasteiger partial charge in [0.05, 0.1) is 10.9 Å². The zero-order chi connectivity index (χ0) is 13.7. The van der Waals surface area contributed by atoms with Gasteiger partial charge in [0, 0.05) is 24.6 Å². The number of aryl methyl sites for hydroxylation is 1. The van der Waals surface area contributed by atoms with Crippen LogP contribution in [0.4, 0.5) is 0 Å². The molecule has 0 unspecified atom stereocenters. The van der Waals surface area contributed by atoms with Crippen molar-refractivity contribution in [3.05, 3.63) is 39.9 Å². The number of carbonyl (C=O) groups is 1. The molecule has 0 atom stereocenters. The van der Waals surface area contributed by atoms with E-state index in [4.69, 9.17) is 0 Å². The molecular weight excluding hydrogens is 254 g/mol. The molecule has 2 aromatic rings. The van der Waals surface area contributed by atoms with Crippen LogP contribution in [-0.2, 0) is 13.0 Å². The number of nitrogens with zero attached hydrogens (tertiary/aromatic N) is 2. The molecule has 1 fully saturated rings. The molecule has 1 aromatic heterocycles. The number of aromatic nitrogens is 2. The lowest BCUT2D eigenvalue weighted by molar-refractivity contribution is 0.0951. The van der Waals surface area contributed by atoms with Crippen LogP contribution >= 0.6 is 0 Å². The van der Waals surface area contributed by atoms with Crippen molar-refractivity contribution < 1.29 is 4.79 Å². The minimum absolute atomic E-state index is 0.0108. The summed E-state index contributed by atoms with van der Waals surface area (Å²) in [5.41, 5.74) is 1.22. The molecule has 0 radical (unpaired) electrons. The van der Waals surface area contributed by atoms with E-state index >= 15 is 0 Å². The molecule has 2 aliphatic rings. The zero-order valence-electron chi connectivity index (χ0n) is 11.1. The van der Waals surface area contributed by atoms with Gasteiger partial charge in [-0.2, -0.15) is 0 Å². The van der Waals surface area contributed by atoms with Crippen molar-refractivity contribution in [1.29, 1.82) is 0 Å². The third kappa shape index (κ3) is 1.81. The van der Waals surface area contributed by atoms with Gasteiger partial charge in [-0.15, -0.1) is 0 Å². The number of amides is 1. The summed E-state index contributed by atoms with van der Waals surface area (Å²) in [5.74, 6) is 0.763. The normalized spacial score (nSPS) is 17.2. The molecule has 5 nitrogen and oxygen atoms in total. The van der Waals surface area contributed by atoms with Gasteiger partial charge in [0.15, 0.2) is 0 Å². The quantitative estimate of drug-likeness (QED) is 0.892. The van der Waals surface area contributed by atoms with Crippen molar-refractivity contribution >= 4 is 16.8 Å². The Labute approximate surface area is 115 Å². The number of fused-ring (bicyclic) bond motifs is 2. The monoisotopic (exact) mass is 269 g/mol. The van der Waals surface area contributed by atoms with E-state index < -0.39 is 0 Å². The number of hydrogen-bond acceptors (Lipinski definition) is 3. The predicted octanol–water partition coefficient (Wildman–Crippen LogP) is 1.23. The Bertz CT molecular complexity index is 775. The Balaban J connectivity index is 1.81. The Morgan fingerprint density at radius 1 is 1.35 bits per heavy atom. The lowest BCUT2D eigenvalue weighted by atomic mass is 10.1. The number of rotatable bonds is 2. The number of hydrogen-bond donors (Lipinski definition) is 1. The fraction of sp³-hybridized carbons (Fsp3) is 0.400. The molecule has 1 aromatic carbocycles. The van der Waals surface area contributed by atoms with E-state index in [0.29, 0.717) is 22.5 Å². The molecule has 1 saturated carbocycles. The topological polar surface area (TPSA) is 64.0 Å². The molecule has 1 amide bonds. The molecule has 0 bridgehead atoms. The summed E-state index contributed by atoms with van der Waals surface area (Å²) in [6.45, 7) is 0.751. The predicted molar refractivity (Wildman–Crippen MR) is 74.8 cm³/mol. The van der Waals surface area contributed by atoms with Crippen molar-refractivity contribution in [1.82, 2.24) is 14.9 Å². The van der Waals surface area contributed by atoms with Crippen LogP contribution in [0, 0.1) is 0 Å². The molecule has 0 spiro atoms. The first kappa shape index (κ1) is 11.6. The lowest BCUT2D eigenvalue weighted by Crippen LogP contribution is -2.26. The standard InChI is InChI=1S/C15H15N3O2/c19-14(16-10-4-5-10)9-3-6-11-12(8-9)17-13-2-1-7-18(13)15(11)20/h3,6,8,10H,1-2,4-5,7H2,(H,16,19). The highest BCUT2D eigenvalue weighted by Crippen LogP contribution is 2.20. The summed E-state index contributed by atoms with van der Waals surface area (Å²) in [6.07, 6.45) is 3.93. The summed E-state index contributed by atoms with van der Waals surface area (Å²) in [7, 11) is 0. The van der Waals surface area contributed by atoms with Crippen LogP contribution in [0.5, 0.6) is 0 Å². The van der Waals surface area contributed by atoms with Gasteiger partial charge < -0.3 is 5.32 Å². The second kappa shape index (κ2) is 4.16. The average molecular weight is 269 g/mol. The molecule has 2 heterocycles. The van der Waals surface area contributed by atoms with Crippen LogP contribution in [0.15, 0.2) is 23.0 Å². The lowest BCUT2D eigenvalue weighted by Gasteiger charge is -2.07. The van der Waals surface area contributed by atoms with Crippen molar-refractivity contribution in [3.63, 3.8) is 0 Å². The first-order valence-electron chi connectivity index (χ1n) is 7.07. The maximum atomic E-state index is 12.3. The zero-order valence-corrected chi connectivity index (χ0v) is 11.1. The van der Waals surface area contributed by atoms with Gasteiger partial charge in [0.2, 0.25) is 0 Å².